The quantitative estimate of drug-likeness (QED) is 0.276. The van der Waals surface area contributed by atoms with Crippen LogP contribution in [0.1, 0.15) is 26.0 Å². The minimum Gasteiger partial charge on any atom is -0.464 e. The van der Waals surface area contributed by atoms with Gasteiger partial charge in [-0.1, -0.05) is 18.2 Å². The predicted octanol–water partition coefficient (Wildman–Crippen LogP) is 3.29. The van der Waals surface area contributed by atoms with Crippen molar-refractivity contribution in [2.75, 3.05) is 18.7 Å². The molecular weight excluding hydrogens is 506 g/mol. The number of nitrogens with zero attached hydrogens (tertiary/aromatic N) is 4. The van der Waals surface area contributed by atoms with Gasteiger partial charge in [0.1, 0.15) is 23.6 Å². The van der Waals surface area contributed by atoms with E-state index in [1.807, 2.05) is 0 Å². The smallest absolute Gasteiger partial charge is 0.342 e. The highest BCUT2D eigenvalue weighted by Gasteiger charge is 2.36. The first-order valence-electron chi connectivity index (χ1n) is 11.7. The Hall–Kier alpha value is -3.38. The summed E-state index contributed by atoms with van der Waals surface area (Å²) in [5, 5.41) is 2.71. The van der Waals surface area contributed by atoms with Crippen LogP contribution in [-0.4, -0.2) is 50.8 Å². The van der Waals surface area contributed by atoms with E-state index in [9.17, 15) is 13.8 Å². The van der Waals surface area contributed by atoms with Gasteiger partial charge < -0.3 is 24.5 Å². The maximum Gasteiger partial charge on any atom is 0.342 e. The van der Waals surface area contributed by atoms with Crippen LogP contribution in [-0.2, 0) is 23.6 Å². The largest absolute Gasteiger partial charge is 0.464 e. The molecule has 3 aromatic rings. The Morgan fingerprint density at radius 3 is 2.84 bits per heavy atom. The lowest BCUT2D eigenvalue weighted by molar-refractivity contribution is -0.145. The summed E-state index contributed by atoms with van der Waals surface area (Å²) in [4.78, 5) is 24.5. The number of anilines is 1. The van der Waals surface area contributed by atoms with Crippen molar-refractivity contribution >= 4 is 30.5 Å². The molecule has 5 rings (SSSR count). The number of esters is 1. The Labute approximate surface area is 211 Å². The summed E-state index contributed by atoms with van der Waals surface area (Å²) in [7, 11) is -3.84. The SMILES string of the molecule is C[C@H](N[P@](=O)(CO[C@@H]1C=C(F)[C@H](n2cnc3c(N)ncnc32)O1)Oc1ccccc1)C(=O)OCC1CC1. The molecule has 1 aliphatic heterocycles. The number of benzene rings is 1. The lowest BCUT2D eigenvalue weighted by Gasteiger charge is -2.24. The van der Waals surface area contributed by atoms with Crippen molar-refractivity contribution in [3.63, 3.8) is 0 Å². The molecular formula is C23H26FN6O6P. The van der Waals surface area contributed by atoms with Crippen molar-refractivity contribution in [3.8, 4) is 5.75 Å². The molecule has 4 atom stereocenters. The van der Waals surface area contributed by atoms with Gasteiger partial charge in [0, 0.05) is 6.08 Å². The van der Waals surface area contributed by atoms with E-state index in [4.69, 9.17) is 24.5 Å². The van der Waals surface area contributed by atoms with Crippen LogP contribution >= 0.6 is 7.52 Å². The zero-order valence-corrected chi connectivity index (χ0v) is 20.8. The maximum atomic E-state index is 14.8. The number of imidazole rings is 1. The van der Waals surface area contributed by atoms with Crippen LogP contribution in [0.25, 0.3) is 11.2 Å². The highest BCUT2D eigenvalue weighted by molar-refractivity contribution is 7.57. The average Bonchev–Trinajstić information content (AvgIpc) is 3.49. The molecule has 1 fully saturated rings. The topological polar surface area (TPSA) is 153 Å². The van der Waals surface area contributed by atoms with Crippen molar-refractivity contribution < 1.29 is 32.5 Å². The summed E-state index contributed by atoms with van der Waals surface area (Å²) in [5.41, 5.74) is 6.38. The number of hydrogen-bond acceptors (Lipinski definition) is 10. The van der Waals surface area contributed by atoms with E-state index in [-0.39, 0.29) is 11.5 Å². The van der Waals surface area contributed by atoms with E-state index in [1.54, 1.807) is 30.3 Å². The molecule has 0 amide bonds. The molecule has 14 heteroatoms. The van der Waals surface area contributed by atoms with Crippen molar-refractivity contribution in [2.24, 2.45) is 5.92 Å². The second-order valence-electron chi connectivity index (χ2n) is 8.79. The fraction of sp³-hybridized carbons (Fsp3) is 0.391. The van der Waals surface area contributed by atoms with Gasteiger partial charge in [-0.05, 0) is 37.8 Å². The second-order valence-corrected chi connectivity index (χ2v) is 10.8. The number of hydrogen-bond donors (Lipinski definition) is 2. The molecule has 12 nitrogen and oxygen atoms in total. The highest BCUT2D eigenvalue weighted by atomic mass is 31.2. The van der Waals surface area contributed by atoms with Crippen molar-refractivity contribution in [3.05, 3.63) is 54.9 Å². The zero-order chi connectivity index (χ0) is 26.0. The Morgan fingerprint density at radius 2 is 2.08 bits per heavy atom. The van der Waals surface area contributed by atoms with Gasteiger partial charge >= 0.3 is 13.5 Å². The summed E-state index contributed by atoms with van der Waals surface area (Å²) in [6, 6.07) is 7.49. The number of aromatic nitrogens is 4. The van der Waals surface area contributed by atoms with E-state index in [0.717, 1.165) is 18.9 Å². The number of ether oxygens (including phenoxy) is 3. The number of carbonyl (C=O) groups is 1. The van der Waals surface area contributed by atoms with Crippen molar-refractivity contribution in [1.29, 1.82) is 0 Å². The van der Waals surface area contributed by atoms with E-state index in [2.05, 4.69) is 20.0 Å². The first-order chi connectivity index (χ1) is 17.8. The van der Waals surface area contributed by atoms with Crippen LogP contribution < -0.4 is 15.3 Å². The summed E-state index contributed by atoms with van der Waals surface area (Å²) < 4.78 is 52.2. The molecule has 1 aliphatic carbocycles. The van der Waals surface area contributed by atoms with Crippen LogP contribution in [0, 0.1) is 5.92 Å². The number of rotatable bonds is 11. The average molecular weight is 532 g/mol. The van der Waals surface area contributed by atoms with Gasteiger partial charge in [0.2, 0.25) is 0 Å². The van der Waals surface area contributed by atoms with Gasteiger partial charge in [-0.2, -0.15) is 0 Å². The third kappa shape index (κ3) is 5.96. The number of carbonyl (C=O) groups excluding carboxylic acids is 1. The number of nitrogen functional groups attached to an aromatic ring is 1. The van der Waals surface area contributed by atoms with Crippen molar-refractivity contribution in [2.45, 2.75) is 38.3 Å². The molecule has 196 valence electrons. The third-order valence-electron chi connectivity index (χ3n) is 5.74. The van der Waals surface area contributed by atoms with Crippen LogP contribution in [0.3, 0.4) is 0 Å². The molecule has 0 radical (unpaired) electrons. The molecule has 0 saturated heterocycles. The van der Waals surface area contributed by atoms with E-state index in [1.165, 1.54) is 24.1 Å². The standard InChI is InChI=1S/C23H26FN6O6P/c1-14(23(31)33-10-15-7-8-15)29-37(32,36-16-5-3-2-4-6-16)13-34-18-9-17(24)22(35-18)30-12-28-19-20(25)26-11-27-21(19)30/h2-6,9,11-12,14-15,18,22H,7-8,10,13H2,1H3,(H,29,32)(H2,25,26,27)/t14-,18-,22+,37-/m0/s1. The number of halogens is 1. The predicted molar refractivity (Wildman–Crippen MR) is 130 cm³/mol. The van der Waals surface area contributed by atoms with Crippen LogP contribution in [0.5, 0.6) is 5.75 Å². The highest BCUT2D eigenvalue weighted by Crippen LogP contribution is 2.45. The molecule has 3 N–H and O–H groups in total. The lowest BCUT2D eigenvalue weighted by atomic mass is 10.3. The van der Waals surface area contributed by atoms with Gasteiger partial charge in [-0.15, -0.1) is 0 Å². The molecule has 37 heavy (non-hydrogen) atoms. The van der Waals surface area contributed by atoms with Gasteiger partial charge in [0.25, 0.3) is 0 Å². The van der Waals surface area contributed by atoms with Crippen LogP contribution in [0.2, 0.25) is 0 Å². The molecule has 2 aliphatic rings. The van der Waals surface area contributed by atoms with Gasteiger partial charge in [0.15, 0.2) is 36.2 Å². The minimum absolute atomic E-state index is 0.147. The number of fused-ring (bicyclic) bond motifs is 1. The number of nitrogens with one attached hydrogen (secondary N) is 1. The monoisotopic (exact) mass is 532 g/mol. The van der Waals surface area contributed by atoms with Crippen LogP contribution in [0.4, 0.5) is 10.2 Å². The molecule has 0 bridgehead atoms. The van der Waals surface area contributed by atoms with Crippen LogP contribution in [0.15, 0.2) is 54.9 Å². The summed E-state index contributed by atoms with van der Waals surface area (Å²) in [6.07, 6.45) is 2.78. The zero-order valence-electron chi connectivity index (χ0n) is 19.9. The molecule has 2 aromatic heterocycles. The maximum absolute atomic E-state index is 14.8. The fourth-order valence-electron chi connectivity index (χ4n) is 3.64. The van der Waals surface area contributed by atoms with E-state index < -0.39 is 44.2 Å². The first kappa shape index (κ1) is 25.3. The summed E-state index contributed by atoms with van der Waals surface area (Å²) in [6.45, 7) is 1.85. The van der Waals surface area contributed by atoms with E-state index in [0.29, 0.717) is 23.8 Å². The normalized spacial score (nSPS) is 21.8. The summed E-state index contributed by atoms with van der Waals surface area (Å²) in [5.74, 6) is -0.384. The minimum atomic E-state index is -3.84. The van der Waals surface area contributed by atoms with Gasteiger partial charge in [-0.3, -0.25) is 13.9 Å². The number of nitrogens with two attached hydrogens (primary N) is 1. The van der Waals surface area contributed by atoms with Crippen molar-refractivity contribution in [1.82, 2.24) is 24.6 Å². The fourth-order valence-corrected chi connectivity index (χ4v) is 5.32. The third-order valence-corrected chi connectivity index (χ3v) is 7.52. The first-order valence-corrected chi connectivity index (χ1v) is 13.5. The summed E-state index contributed by atoms with van der Waals surface area (Å²) >= 11 is 0. The molecule has 1 saturated carbocycles. The van der Waals surface area contributed by atoms with Gasteiger partial charge in [-0.25, -0.2) is 24.4 Å². The Kier molecular flexibility index (Phi) is 7.20. The molecule has 3 heterocycles. The number of para-hydroxylation sites is 1. The Bertz CT molecular complexity index is 1350. The second kappa shape index (κ2) is 10.5. The van der Waals surface area contributed by atoms with E-state index >= 15 is 0 Å². The molecule has 0 spiro atoms. The molecule has 0 unspecified atom stereocenters. The Morgan fingerprint density at radius 1 is 1.30 bits per heavy atom. The lowest BCUT2D eigenvalue weighted by Crippen LogP contribution is -2.36. The molecule has 1 aromatic carbocycles. The van der Waals surface area contributed by atoms with Gasteiger partial charge in [0.05, 0.1) is 12.9 Å². The Balaban J connectivity index is 1.26.